The first-order valence-corrected chi connectivity index (χ1v) is 15.6. The van der Waals surface area contributed by atoms with Crippen molar-refractivity contribution in [2.45, 2.75) is 51.5 Å². The van der Waals surface area contributed by atoms with Gasteiger partial charge in [-0.15, -0.1) is 0 Å². The predicted molar refractivity (Wildman–Crippen MR) is 174 cm³/mol. The molecule has 0 radical (unpaired) electrons. The summed E-state index contributed by atoms with van der Waals surface area (Å²) in [5, 5.41) is 7.38. The number of likely N-dealkylation sites (N-methyl/N-ethyl adjacent to an activating group) is 1. The van der Waals surface area contributed by atoms with Crippen LogP contribution in [0.1, 0.15) is 46.3 Å². The fourth-order valence-electron chi connectivity index (χ4n) is 6.22. The molecule has 2 aromatic heterocycles. The van der Waals surface area contributed by atoms with Gasteiger partial charge in [-0.25, -0.2) is 4.98 Å². The smallest absolute Gasteiger partial charge is 0.255 e. The molecule has 2 aliphatic rings. The zero-order valence-electron chi connectivity index (χ0n) is 26.0. The molecule has 2 atom stereocenters. The molecular formula is C35H43N7O2. The van der Waals surface area contributed by atoms with Crippen molar-refractivity contribution in [3.05, 3.63) is 89.4 Å². The van der Waals surface area contributed by atoms with Gasteiger partial charge in [0.15, 0.2) is 0 Å². The Balaban J connectivity index is 1.04. The average Bonchev–Trinajstić information content (AvgIpc) is 3.67. The summed E-state index contributed by atoms with van der Waals surface area (Å²) in [6, 6.07) is 17.2. The molecule has 2 fully saturated rings. The Morgan fingerprint density at radius 1 is 0.955 bits per heavy atom. The van der Waals surface area contributed by atoms with Crippen molar-refractivity contribution < 1.29 is 9.53 Å². The Kier molecular flexibility index (Phi) is 9.07. The monoisotopic (exact) mass is 593 g/mol. The lowest BCUT2D eigenvalue weighted by Gasteiger charge is -2.32. The van der Waals surface area contributed by atoms with E-state index in [9.17, 15) is 4.79 Å². The Morgan fingerprint density at radius 3 is 2.45 bits per heavy atom. The molecule has 9 heteroatoms. The number of carbonyl (C=O) groups excluding carboxylic acids is 1. The van der Waals surface area contributed by atoms with Crippen molar-refractivity contribution >= 4 is 11.7 Å². The SMILES string of the molecule is Cc1cc(-c2ccc(CO[C@H]3CCC[C@@H]3NC(=O)c3cc(-c4cnn(C)c4)cnc3N)cc2)ccc1CN1CCN(C)CC1. The normalized spacial score (nSPS) is 19.3. The summed E-state index contributed by atoms with van der Waals surface area (Å²) >= 11 is 0. The number of nitrogens with one attached hydrogen (secondary N) is 1. The molecule has 3 N–H and O–H groups in total. The van der Waals surface area contributed by atoms with Crippen molar-refractivity contribution in [2.75, 3.05) is 39.0 Å². The van der Waals surface area contributed by atoms with Crippen LogP contribution in [0, 0.1) is 6.92 Å². The summed E-state index contributed by atoms with van der Waals surface area (Å²) < 4.78 is 8.06. The molecule has 1 amide bonds. The number of aromatic nitrogens is 3. The van der Waals surface area contributed by atoms with Crippen molar-refractivity contribution in [3.63, 3.8) is 0 Å². The highest BCUT2D eigenvalue weighted by Crippen LogP contribution is 2.27. The molecule has 2 aromatic carbocycles. The molecule has 1 saturated heterocycles. The number of hydrogen-bond donors (Lipinski definition) is 2. The van der Waals surface area contributed by atoms with E-state index in [0.29, 0.717) is 12.2 Å². The van der Waals surface area contributed by atoms with Crippen LogP contribution in [0.2, 0.25) is 0 Å². The van der Waals surface area contributed by atoms with Gasteiger partial charge in [-0.3, -0.25) is 14.4 Å². The van der Waals surface area contributed by atoms with Gasteiger partial charge < -0.3 is 20.7 Å². The number of aryl methyl sites for hydroxylation is 2. The van der Waals surface area contributed by atoms with Crippen molar-refractivity contribution in [1.82, 2.24) is 29.9 Å². The molecule has 0 bridgehead atoms. The second kappa shape index (κ2) is 13.3. The third kappa shape index (κ3) is 7.01. The van der Waals surface area contributed by atoms with Crippen LogP contribution in [0.5, 0.6) is 0 Å². The molecule has 0 spiro atoms. The Morgan fingerprint density at radius 2 is 1.73 bits per heavy atom. The minimum atomic E-state index is -0.226. The van der Waals surface area contributed by atoms with E-state index in [-0.39, 0.29) is 23.9 Å². The maximum absolute atomic E-state index is 13.2. The largest absolute Gasteiger partial charge is 0.383 e. The fraction of sp³-hybridized carbons (Fsp3) is 0.400. The first-order chi connectivity index (χ1) is 21.3. The minimum Gasteiger partial charge on any atom is -0.383 e. The van der Waals surface area contributed by atoms with Crippen molar-refractivity contribution in [3.8, 4) is 22.3 Å². The topological polar surface area (TPSA) is 102 Å². The number of carbonyl (C=O) groups is 1. The van der Waals surface area contributed by atoms with E-state index in [1.165, 1.54) is 22.3 Å². The molecule has 0 unspecified atom stereocenters. The number of ether oxygens (including phenoxy) is 1. The molecule has 1 saturated carbocycles. The summed E-state index contributed by atoms with van der Waals surface area (Å²) in [5.74, 6) is -0.0130. The maximum atomic E-state index is 13.2. The van der Waals surface area contributed by atoms with E-state index in [2.05, 4.69) is 81.6 Å². The first-order valence-electron chi connectivity index (χ1n) is 15.6. The fourth-order valence-corrected chi connectivity index (χ4v) is 6.22. The van der Waals surface area contributed by atoms with Crippen LogP contribution in [0.4, 0.5) is 5.82 Å². The third-order valence-electron chi connectivity index (χ3n) is 9.05. The predicted octanol–water partition coefficient (Wildman–Crippen LogP) is 4.65. The van der Waals surface area contributed by atoms with Crippen LogP contribution in [-0.2, 0) is 24.9 Å². The zero-order valence-corrected chi connectivity index (χ0v) is 26.0. The third-order valence-corrected chi connectivity index (χ3v) is 9.05. The Hall–Kier alpha value is -4.05. The van der Waals surface area contributed by atoms with E-state index < -0.39 is 0 Å². The molecule has 1 aliphatic carbocycles. The van der Waals surface area contributed by atoms with Crippen LogP contribution in [0.25, 0.3) is 22.3 Å². The van der Waals surface area contributed by atoms with E-state index >= 15 is 0 Å². The summed E-state index contributed by atoms with van der Waals surface area (Å²) in [4.78, 5) is 22.5. The summed E-state index contributed by atoms with van der Waals surface area (Å²) in [6.07, 6.45) is 8.03. The van der Waals surface area contributed by atoms with Crippen LogP contribution in [0.3, 0.4) is 0 Å². The first kappa shape index (κ1) is 30.0. The summed E-state index contributed by atoms with van der Waals surface area (Å²) in [6.45, 7) is 8.26. The van der Waals surface area contributed by atoms with Crippen LogP contribution in [-0.4, -0.2) is 75.8 Å². The van der Waals surface area contributed by atoms with E-state index in [1.54, 1.807) is 23.1 Å². The Bertz CT molecular complexity index is 1590. The highest BCUT2D eigenvalue weighted by atomic mass is 16.5. The standard InChI is InChI=1S/C35H43N7O2/c1-24-17-27(11-12-28(24)22-42-15-13-40(2)14-16-42)26-9-7-25(8-10-26)23-44-33-6-4-5-32(33)39-35(43)31-18-29(19-37-34(31)36)30-20-38-41(3)21-30/h7-12,17-21,32-33H,4-6,13-16,22-23H2,1-3H3,(H2,36,37)(H,39,43)/t32-,33-/m0/s1. The lowest BCUT2D eigenvalue weighted by molar-refractivity contribution is 0.0272. The van der Waals surface area contributed by atoms with Gasteiger partial charge in [-0.2, -0.15) is 5.10 Å². The highest BCUT2D eigenvalue weighted by Gasteiger charge is 2.30. The second-order valence-electron chi connectivity index (χ2n) is 12.3. The number of piperazine rings is 1. The molecule has 4 aromatic rings. The molecule has 1 aliphatic heterocycles. The van der Waals surface area contributed by atoms with Crippen LogP contribution in [0.15, 0.2) is 67.1 Å². The van der Waals surface area contributed by atoms with Crippen LogP contribution >= 0.6 is 0 Å². The summed E-state index contributed by atoms with van der Waals surface area (Å²) in [5.41, 5.74) is 14.5. The average molecular weight is 594 g/mol. The van der Waals surface area contributed by atoms with Gasteiger partial charge in [0.2, 0.25) is 0 Å². The van der Waals surface area contributed by atoms with Gasteiger partial charge in [0.25, 0.3) is 5.91 Å². The van der Waals surface area contributed by atoms with Gasteiger partial charge in [0.05, 0.1) is 30.5 Å². The quantitative estimate of drug-likeness (QED) is 0.291. The van der Waals surface area contributed by atoms with Crippen molar-refractivity contribution in [1.29, 1.82) is 0 Å². The lowest BCUT2D eigenvalue weighted by atomic mass is 9.98. The Labute approximate surface area is 260 Å². The van der Waals surface area contributed by atoms with Crippen LogP contribution < -0.4 is 11.1 Å². The van der Waals surface area contributed by atoms with Gasteiger partial charge in [0, 0.05) is 63.3 Å². The minimum absolute atomic E-state index is 0.0511. The number of pyridine rings is 1. The number of hydrogen-bond acceptors (Lipinski definition) is 7. The molecule has 230 valence electrons. The number of nitrogens with two attached hydrogens (primary N) is 1. The van der Waals surface area contributed by atoms with E-state index in [1.807, 2.05) is 13.2 Å². The number of nitrogens with zero attached hydrogens (tertiary/aromatic N) is 5. The molecule has 9 nitrogen and oxygen atoms in total. The molecule has 6 rings (SSSR count). The summed E-state index contributed by atoms with van der Waals surface area (Å²) in [7, 11) is 4.05. The lowest BCUT2D eigenvalue weighted by Crippen LogP contribution is -2.43. The van der Waals surface area contributed by atoms with Crippen molar-refractivity contribution in [2.24, 2.45) is 7.05 Å². The number of amides is 1. The van der Waals surface area contributed by atoms with Gasteiger partial charge in [0.1, 0.15) is 5.82 Å². The highest BCUT2D eigenvalue weighted by molar-refractivity contribution is 5.99. The number of nitrogen functional groups attached to an aromatic ring is 1. The van der Waals surface area contributed by atoms with Gasteiger partial charge >= 0.3 is 0 Å². The van der Waals surface area contributed by atoms with E-state index in [4.69, 9.17) is 10.5 Å². The van der Waals surface area contributed by atoms with E-state index in [0.717, 1.165) is 68.7 Å². The van der Waals surface area contributed by atoms with Gasteiger partial charge in [-0.05, 0) is 67.1 Å². The van der Waals surface area contributed by atoms with Gasteiger partial charge in [-0.1, -0.05) is 42.5 Å². The zero-order chi connectivity index (χ0) is 30.6. The molecular weight excluding hydrogens is 550 g/mol. The maximum Gasteiger partial charge on any atom is 0.255 e. The molecule has 44 heavy (non-hydrogen) atoms. The number of anilines is 1. The number of rotatable bonds is 9. The number of benzene rings is 2. The second-order valence-corrected chi connectivity index (χ2v) is 12.3. The molecule has 3 heterocycles.